The number of carbonyl (C=O) groups excluding carboxylic acids is 1. The molecule has 0 fully saturated rings. The quantitative estimate of drug-likeness (QED) is 0.685. The molecular weight excluding hydrogens is 392 g/mol. The van der Waals surface area contributed by atoms with E-state index in [1.165, 1.54) is 18.4 Å². The molecule has 3 aromatic rings. The standard InChI is InChI=1S/C17H15BrN2O3S/c1-9-5-4-6-13-14(9)19-17(24-13)20-16(21)11-7-10(22-2)8-12(18)15(11)23-3/h4-8H,1-3H3,(H,19,20,21). The second kappa shape index (κ2) is 6.78. The van der Waals surface area contributed by atoms with Crippen molar-refractivity contribution in [2.45, 2.75) is 6.92 Å². The Hall–Kier alpha value is -2.12. The third-order valence-corrected chi connectivity index (χ3v) is 5.07. The summed E-state index contributed by atoms with van der Waals surface area (Å²) in [6, 6.07) is 9.34. The number of aryl methyl sites for hydroxylation is 1. The van der Waals surface area contributed by atoms with Crippen molar-refractivity contribution in [3.05, 3.63) is 45.9 Å². The Kier molecular flexibility index (Phi) is 4.73. The molecule has 7 heteroatoms. The number of nitrogens with one attached hydrogen (secondary N) is 1. The number of anilines is 1. The number of halogens is 1. The number of methoxy groups -OCH3 is 2. The first-order valence-corrected chi connectivity index (χ1v) is 8.73. The molecule has 1 amide bonds. The summed E-state index contributed by atoms with van der Waals surface area (Å²) in [6.07, 6.45) is 0. The Bertz CT molecular complexity index is 924. The molecule has 3 rings (SSSR count). The molecule has 0 unspecified atom stereocenters. The van der Waals surface area contributed by atoms with Gasteiger partial charge in [-0.25, -0.2) is 4.98 Å². The highest BCUT2D eigenvalue weighted by Crippen LogP contribution is 2.35. The van der Waals surface area contributed by atoms with E-state index in [1.807, 2.05) is 25.1 Å². The smallest absolute Gasteiger partial charge is 0.261 e. The lowest BCUT2D eigenvalue weighted by atomic mass is 10.1. The molecule has 24 heavy (non-hydrogen) atoms. The predicted octanol–water partition coefficient (Wildman–Crippen LogP) is 4.64. The summed E-state index contributed by atoms with van der Waals surface area (Å²) in [6.45, 7) is 2.00. The van der Waals surface area contributed by atoms with Crippen LogP contribution in [0.1, 0.15) is 15.9 Å². The molecule has 1 N–H and O–H groups in total. The van der Waals surface area contributed by atoms with Crippen LogP contribution >= 0.6 is 27.3 Å². The maximum Gasteiger partial charge on any atom is 0.261 e. The van der Waals surface area contributed by atoms with Crippen LogP contribution in [0.25, 0.3) is 10.2 Å². The monoisotopic (exact) mass is 406 g/mol. The van der Waals surface area contributed by atoms with E-state index in [0.29, 0.717) is 26.7 Å². The summed E-state index contributed by atoms with van der Waals surface area (Å²) in [5.74, 6) is 0.710. The number of aromatic nitrogens is 1. The number of thiazole rings is 1. The van der Waals surface area contributed by atoms with Crippen molar-refractivity contribution in [1.82, 2.24) is 4.98 Å². The van der Waals surface area contributed by atoms with E-state index in [9.17, 15) is 4.79 Å². The minimum Gasteiger partial charge on any atom is -0.497 e. The highest BCUT2D eigenvalue weighted by Gasteiger charge is 2.19. The predicted molar refractivity (Wildman–Crippen MR) is 99.6 cm³/mol. The molecule has 1 aromatic heterocycles. The van der Waals surface area contributed by atoms with Crippen LogP contribution in [0.5, 0.6) is 11.5 Å². The Morgan fingerprint density at radius 1 is 1.25 bits per heavy atom. The zero-order chi connectivity index (χ0) is 17.3. The van der Waals surface area contributed by atoms with E-state index in [1.54, 1.807) is 19.2 Å². The Labute approximate surface area is 151 Å². The summed E-state index contributed by atoms with van der Waals surface area (Å²) >= 11 is 4.83. The normalized spacial score (nSPS) is 10.7. The molecule has 0 saturated carbocycles. The van der Waals surface area contributed by atoms with E-state index in [0.717, 1.165) is 15.8 Å². The number of hydrogen-bond donors (Lipinski definition) is 1. The van der Waals surface area contributed by atoms with Crippen molar-refractivity contribution in [3.63, 3.8) is 0 Å². The van der Waals surface area contributed by atoms with Crippen molar-refractivity contribution in [3.8, 4) is 11.5 Å². The van der Waals surface area contributed by atoms with Gasteiger partial charge in [0.05, 0.1) is 34.5 Å². The molecule has 1 heterocycles. The zero-order valence-corrected chi connectivity index (χ0v) is 15.7. The van der Waals surface area contributed by atoms with Crippen molar-refractivity contribution in [2.75, 3.05) is 19.5 Å². The van der Waals surface area contributed by atoms with Crippen molar-refractivity contribution in [1.29, 1.82) is 0 Å². The fraction of sp³-hybridized carbons (Fsp3) is 0.176. The summed E-state index contributed by atoms with van der Waals surface area (Å²) < 4.78 is 12.2. The number of nitrogens with zero attached hydrogens (tertiary/aromatic N) is 1. The maximum absolute atomic E-state index is 12.7. The molecule has 0 saturated heterocycles. The second-order valence-corrected chi connectivity index (χ2v) is 6.97. The number of hydrogen-bond acceptors (Lipinski definition) is 5. The number of para-hydroxylation sites is 1. The van der Waals surface area contributed by atoms with Crippen LogP contribution in [-0.4, -0.2) is 25.1 Å². The minimum atomic E-state index is -0.303. The molecule has 0 atom stereocenters. The lowest BCUT2D eigenvalue weighted by Crippen LogP contribution is -2.13. The average Bonchev–Trinajstić information content (AvgIpc) is 2.97. The summed E-state index contributed by atoms with van der Waals surface area (Å²) in [4.78, 5) is 17.2. The van der Waals surface area contributed by atoms with Gasteiger partial charge < -0.3 is 9.47 Å². The van der Waals surface area contributed by atoms with Gasteiger partial charge >= 0.3 is 0 Å². The lowest BCUT2D eigenvalue weighted by Gasteiger charge is -2.12. The van der Waals surface area contributed by atoms with Gasteiger partial charge in [0.1, 0.15) is 11.5 Å². The second-order valence-electron chi connectivity index (χ2n) is 5.08. The largest absolute Gasteiger partial charge is 0.497 e. The van der Waals surface area contributed by atoms with Crippen LogP contribution in [0, 0.1) is 6.92 Å². The molecule has 0 radical (unpaired) electrons. The van der Waals surface area contributed by atoms with Gasteiger partial charge in [0.25, 0.3) is 5.91 Å². The van der Waals surface area contributed by atoms with E-state index in [2.05, 4.69) is 26.2 Å². The van der Waals surface area contributed by atoms with Gasteiger partial charge in [-0.2, -0.15) is 0 Å². The van der Waals surface area contributed by atoms with E-state index in [-0.39, 0.29) is 5.91 Å². The van der Waals surface area contributed by atoms with Gasteiger partial charge in [-0.1, -0.05) is 23.5 Å². The minimum absolute atomic E-state index is 0.303. The molecule has 0 aliphatic heterocycles. The van der Waals surface area contributed by atoms with Crippen molar-refractivity contribution in [2.24, 2.45) is 0 Å². The number of amides is 1. The number of ether oxygens (including phenoxy) is 2. The van der Waals surface area contributed by atoms with Crippen molar-refractivity contribution < 1.29 is 14.3 Å². The van der Waals surface area contributed by atoms with Crippen LogP contribution in [-0.2, 0) is 0 Å². The molecule has 124 valence electrons. The average molecular weight is 407 g/mol. The molecule has 0 bridgehead atoms. The first kappa shape index (κ1) is 16.7. The van der Waals surface area contributed by atoms with E-state index in [4.69, 9.17) is 9.47 Å². The van der Waals surface area contributed by atoms with Gasteiger partial charge in [-0.05, 0) is 46.6 Å². The molecule has 5 nitrogen and oxygen atoms in total. The Morgan fingerprint density at radius 3 is 2.71 bits per heavy atom. The SMILES string of the molecule is COc1cc(Br)c(OC)c(C(=O)Nc2nc3c(C)cccc3s2)c1. The van der Waals surface area contributed by atoms with E-state index < -0.39 is 0 Å². The zero-order valence-electron chi connectivity index (χ0n) is 13.3. The van der Waals surface area contributed by atoms with Crippen LogP contribution < -0.4 is 14.8 Å². The summed E-state index contributed by atoms with van der Waals surface area (Å²) in [5.41, 5.74) is 2.35. The van der Waals surface area contributed by atoms with Crippen LogP contribution in [0.15, 0.2) is 34.8 Å². The molecule has 0 spiro atoms. The number of carbonyl (C=O) groups is 1. The molecule has 0 aliphatic carbocycles. The van der Waals surface area contributed by atoms with Gasteiger partial charge in [-0.3, -0.25) is 10.1 Å². The third-order valence-electron chi connectivity index (χ3n) is 3.54. The Morgan fingerprint density at radius 2 is 2.04 bits per heavy atom. The lowest BCUT2D eigenvalue weighted by molar-refractivity contribution is 0.102. The number of benzene rings is 2. The van der Waals surface area contributed by atoms with Gasteiger partial charge in [0.2, 0.25) is 0 Å². The number of rotatable bonds is 4. The maximum atomic E-state index is 12.7. The third kappa shape index (κ3) is 3.09. The van der Waals surface area contributed by atoms with E-state index >= 15 is 0 Å². The van der Waals surface area contributed by atoms with Gasteiger partial charge in [-0.15, -0.1) is 0 Å². The molecule has 0 aliphatic rings. The summed E-state index contributed by atoms with van der Waals surface area (Å²) in [5, 5.41) is 3.39. The van der Waals surface area contributed by atoms with Gasteiger partial charge in [0, 0.05) is 0 Å². The number of fused-ring (bicyclic) bond motifs is 1. The Balaban J connectivity index is 1.96. The molecular formula is C17H15BrN2O3S. The topological polar surface area (TPSA) is 60.5 Å². The van der Waals surface area contributed by atoms with Crippen LogP contribution in [0.3, 0.4) is 0 Å². The van der Waals surface area contributed by atoms with Crippen LogP contribution in [0.2, 0.25) is 0 Å². The van der Waals surface area contributed by atoms with Crippen LogP contribution in [0.4, 0.5) is 5.13 Å². The highest BCUT2D eigenvalue weighted by atomic mass is 79.9. The van der Waals surface area contributed by atoms with Crippen molar-refractivity contribution >= 4 is 48.5 Å². The first-order valence-electron chi connectivity index (χ1n) is 7.12. The summed E-state index contributed by atoms with van der Waals surface area (Å²) in [7, 11) is 3.07. The highest BCUT2D eigenvalue weighted by molar-refractivity contribution is 9.10. The fourth-order valence-electron chi connectivity index (χ4n) is 2.37. The first-order chi connectivity index (χ1) is 11.5. The van der Waals surface area contributed by atoms with Gasteiger partial charge in [0.15, 0.2) is 5.13 Å². The fourth-order valence-corrected chi connectivity index (χ4v) is 3.91. The molecule has 2 aromatic carbocycles.